The zero-order valence-corrected chi connectivity index (χ0v) is 13.3. The molecule has 116 valence electrons. The van der Waals surface area contributed by atoms with Gasteiger partial charge in [0, 0.05) is 19.5 Å². The molecule has 1 N–H and O–H groups in total. The van der Waals surface area contributed by atoms with Gasteiger partial charge < -0.3 is 10.1 Å². The average Bonchev–Trinajstić information content (AvgIpc) is 3.01. The van der Waals surface area contributed by atoms with Crippen molar-refractivity contribution in [2.24, 2.45) is 5.92 Å². The zero-order chi connectivity index (χ0) is 14.5. The molecule has 0 amide bonds. The molecule has 2 atom stereocenters. The van der Waals surface area contributed by atoms with Gasteiger partial charge in [-0.1, -0.05) is 62.9 Å². The number of rotatable bonds is 5. The van der Waals surface area contributed by atoms with Crippen LogP contribution in [-0.2, 0) is 11.2 Å². The van der Waals surface area contributed by atoms with Crippen molar-refractivity contribution in [3.8, 4) is 0 Å². The standard InChI is InChI=1S/C19H29NO/c1-2-19(13-17-10-4-3-5-11-17)15-20-14-18(21-19)12-16-8-6-7-9-16/h3-5,10-11,16,18,20H,2,6-9,12-15H2,1H3. The summed E-state index contributed by atoms with van der Waals surface area (Å²) in [4.78, 5) is 0. The van der Waals surface area contributed by atoms with Crippen LogP contribution >= 0.6 is 0 Å². The highest BCUT2D eigenvalue weighted by Crippen LogP contribution is 2.33. The summed E-state index contributed by atoms with van der Waals surface area (Å²) >= 11 is 0. The molecule has 2 heteroatoms. The van der Waals surface area contributed by atoms with Gasteiger partial charge in [-0.15, -0.1) is 0 Å². The molecule has 1 aromatic rings. The van der Waals surface area contributed by atoms with Crippen LogP contribution in [0.1, 0.15) is 51.0 Å². The first-order chi connectivity index (χ1) is 10.3. The summed E-state index contributed by atoms with van der Waals surface area (Å²) in [5.41, 5.74) is 1.38. The molecule has 1 saturated carbocycles. The summed E-state index contributed by atoms with van der Waals surface area (Å²) < 4.78 is 6.63. The highest BCUT2D eigenvalue weighted by Gasteiger charge is 2.36. The van der Waals surface area contributed by atoms with Crippen molar-refractivity contribution < 1.29 is 4.74 Å². The van der Waals surface area contributed by atoms with Crippen molar-refractivity contribution in [3.05, 3.63) is 35.9 Å². The lowest BCUT2D eigenvalue weighted by Crippen LogP contribution is -2.55. The van der Waals surface area contributed by atoms with E-state index in [2.05, 4.69) is 42.6 Å². The largest absolute Gasteiger partial charge is 0.369 e. The molecule has 2 unspecified atom stereocenters. The van der Waals surface area contributed by atoms with Gasteiger partial charge in [-0.2, -0.15) is 0 Å². The van der Waals surface area contributed by atoms with Crippen molar-refractivity contribution in [2.75, 3.05) is 13.1 Å². The second kappa shape index (κ2) is 6.93. The Bertz CT molecular complexity index is 426. The molecule has 2 aliphatic rings. The maximum absolute atomic E-state index is 6.63. The smallest absolute Gasteiger partial charge is 0.0848 e. The number of benzene rings is 1. The Labute approximate surface area is 129 Å². The maximum Gasteiger partial charge on any atom is 0.0848 e. The van der Waals surface area contributed by atoms with E-state index in [-0.39, 0.29) is 5.60 Å². The highest BCUT2D eigenvalue weighted by molar-refractivity contribution is 5.17. The SMILES string of the molecule is CCC1(Cc2ccccc2)CNCC(CC2CCCC2)O1. The molecule has 2 fully saturated rings. The number of nitrogens with one attached hydrogen (secondary N) is 1. The molecular weight excluding hydrogens is 258 g/mol. The molecule has 1 saturated heterocycles. The van der Waals surface area contributed by atoms with E-state index in [0.717, 1.165) is 31.8 Å². The fraction of sp³-hybridized carbons (Fsp3) is 0.684. The van der Waals surface area contributed by atoms with Crippen molar-refractivity contribution in [3.63, 3.8) is 0 Å². The molecular formula is C19H29NO. The minimum absolute atomic E-state index is 0.0110. The minimum Gasteiger partial charge on any atom is -0.369 e. The molecule has 0 aromatic heterocycles. The fourth-order valence-corrected chi connectivity index (χ4v) is 4.05. The van der Waals surface area contributed by atoms with E-state index in [9.17, 15) is 0 Å². The van der Waals surface area contributed by atoms with Gasteiger partial charge in [-0.25, -0.2) is 0 Å². The number of morpholine rings is 1. The Morgan fingerprint density at radius 3 is 2.67 bits per heavy atom. The van der Waals surface area contributed by atoms with E-state index in [4.69, 9.17) is 4.74 Å². The van der Waals surface area contributed by atoms with Crippen LogP contribution in [0.3, 0.4) is 0 Å². The Hall–Kier alpha value is -0.860. The molecule has 1 aliphatic carbocycles. The number of hydrogen-bond donors (Lipinski definition) is 1. The molecule has 1 aliphatic heterocycles. The second-order valence-electron chi connectivity index (χ2n) is 6.96. The molecule has 21 heavy (non-hydrogen) atoms. The van der Waals surface area contributed by atoms with Gasteiger partial charge >= 0.3 is 0 Å². The highest BCUT2D eigenvalue weighted by atomic mass is 16.5. The summed E-state index contributed by atoms with van der Waals surface area (Å²) in [5, 5.41) is 3.65. The van der Waals surface area contributed by atoms with E-state index in [0.29, 0.717) is 6.10 Å². The Kier molecular flexibility index (Phi) is 4.97. The molecule has 3 rings (SSSR count). The van der Waals surface area contributed by atoms with Gasteiger partial charge in [-0.3, -0.25) is 0 Å². The van der Waals surface area contributed by atoms with Crippen molar-refractivity contribution in [1.29, 1.82) is 0 Å². The second-order valence-corrected chi connectivity index (χ2v) is 6.96. The van der Waals surface area contributed by atoms with Gasteiger partial charge in [0.25, 0.3) is 0 Å². The lowest BCUT2D eigenvalue weighted by molar-refractivity contribution is -0.124. The molecule has 0 spiro atoms. The molecule has 0 radical (unpaired) electrons. The van der Waals surface area contributed by atoms with Gasteiger partial charge in [0.2, 0.25) is 0 Å². The van der Waals surface area contributed by atoms with Crippen LogP contribution in [0.15, 0.2) is 30.3 Å². The van der Waals surface area contributed by atoms with E-state index in [1.807, 2.05) is 0 Å². The van der Waals surface area contributed by atoms with Crippen LogP contribution in [0.25, 0.3) is 0 Å². The molecule has 2 nitrogen and oxygen atoms in total. The lowest BCUT2D eigenvalue weighted by atomic mass is 9.88. The van der Waals surface area contributed by atoms with Crippen molar-refractivity contribution in [1.82, 2.24) is 5.32 Å². The number of ether oxygens (including phenoxy) is 1. The Morgan fingerprint density at radius 1 is 1.19 bits per heavy atom. The maximum atomic E-state index is 6.63. The summed E-state index contributed by atoms with van der Waals surface area (Å²) in [6.07, 6.45) is 9.44. The van der Waals surface area contributed by atoms with Crippen molar-refractivity contribution in [2.45, 2.75) is 63.6 Å². The summed E-state index contributed by atoms with van der Waals surface area (Å²) in [6.45, 7) is 4.29. The van der Waals surface area contributed by atoms with E-state index in [1.54, 1.807) is 0 Å². The molecule has 1 heterocycles. The van der Waals surface area contributed by atoms with Gasteiger partial charge in [0.05, 0.1) is 11.7 Å². The third-order valence-corrected chi connectivity index (χ3v) is 5.32. The quantitative estimate of drug-likeness (QED) is 0.885. The average molecular weight is 287 g/mol. The predicted molar refractivity (Wildman–Crippen MR) is 87.5 cm³/mol. The van der Waals surface area contributed by atoms with Crippen LogP contribution in [0.4, 0.5) is 0 Å². The van der Waals surface area contributed by atoms with Crippen LogP contribution < -0.4 is 5.32 Å². The first-order valence-corrected chi connectivity index (χ1v) is 8.72. The lowest BCUT2D eigenvalue weighted by Gasteiger charge is -2.42. The third kappa shape index (κ3) is 3.87. The zero-order valence-electron chi connectivity index (χ0n) is 13.3. The summed E-state index contributed by atoms with van der Waals surface area (Å²) in [5.74, 6) is 0.904. The van der Waals surface area contributed by atoms with Gasteiger partial charge in [-0.05, 0) is 24.3 Å². The van der Waals surface area contributed by atoms with Crippen LogP contribution in [0.2, 0.25) is 0 Å². The molecule has 1 aromatic carbocycles. The minimum atomic E-state index is -0.0110. The van der Waals surface area contributed by atoms with Crippen LogP contribution in [0.5, 0.6) is 0 Å². The first-order valence-electron chi connectivity index (χ1n) is 8.72. The van der Waals surface area contributed by atoms with E-state index in [1.165, 1.54) is 37.7 Å². The fourth-order valence-electron chi connectivity index (χ4n) is 4.05. The number of hydrogen-bond acceptors (Lipinski definition) is 2. The van der Waals surface area contributed by atoms with Crippen molar-refractivity contribution >= 4 is 0 Å². The van der Waals surface area contributed by atoms with Crippen LogP contribution in [0, 0.1) is 5.92 Å². The van der Waals surface area contributed by atoms with E-state index < -0.39 is 0 Å². The van der Waals surface area contributed by atoms with E-state index >= 15 is 0 Å². The summed E-state index contributed by atoms with van der Waals surface area (Å²) in [6, 6.07) is 10.8. The normalized spacial score (nSPS) is 30.6. The predicted octanol–water partition coefficient (Wildman–Crippen LogP) is 3.95. The van der Waals surface area contributed by atoms with Gasteiger partial charge in [0.15, 0.2) is 0 Å². The monoisotopic (exact) mass is 287 g/mol. The van der Waals surface area contributed by atoms with Gasteiger partial charge in [0.1, 0.15) is 0 Å². The topological polar surface area (TPSA) is 21.3 Å². The molecule has 0 bridgehead atoms. The van der Waals surface area contributed by atoms with Crippen LogP contribution in [-0.4, -0.2) is 24.8 Å². The summed E-state index contributed by atoms with van der Waals surface area (Å²) in [7, 11) is 0. The Balaban J connectivity index is 1.63. The first kappa shape index (κ1) is 15.1. The Morgan fingerprint density at radius 2 is 1.95 bits per heavy atom. The third-order valence-electron chi connectivity index (χ3n) is 5.32.